The molecule has 5 rings (SSSR count). The molecule has 12 heteroatoms. The average molecular weight is 901 g/mol. The minimum absolute atomic E-state index is 0.177. The van der Waals surface area contributed by atoms with Crippen molar-refractivity contribution in [1.82, 2.24) is 4.57 Å². The van der Waals surface area contributed by atoms with E-state index in [-0.39, 0.29) is 17.7 Å². The largest absolute Gasteiger partial charge is 0.493 e. The van der Waals surface area contributed by atoms with Crippen molar-refractivity contribution in [2.24, 2.45) is 4.99 Å². The van der Waals surface area contributed by atoms with Crippen LogP contribution in [0.3, 0.4) is 0 Å². The van der Waals surface area contributed by atoms with Crippen LogP contribution in [-0.4, -0.2) is 31.4 Å². The van der Waals surface area contributed by atoms with Gasteiger partial charge < -0.3 is 18.9 Å². The summed E-state index contributed by atoms with van der Waals surface area (Å²) < 4.78 is 27.4. The van der Waals surface area contributed by atoms with E-state index in [1.54, 1.807) is 37.7 Å². The molecule has 228 valence electrons. The average Bonchev–Trinajstić information content (AvgIpc) is 3.30. The number of hydrogen-bond acceptors (Lipinski definition) is 8. The highest BCUT2D eigenvalue weighted by molar-refractivity contribution is 14.1. The zero-order chi connectivity index (χ0) is 31.5. The number of hydrogen-bond donors (Lipinski definition) is 0. The summed E-state index contributed by atoms with van der Waals surface area (Å²) in [6.45, 7) is 4.05. The minimum Gasteiger partial charge on any atom is -0.493 e. The quantitative estimate of drug-likeness (QED) is 0.144. The van der Waals surface area contributed by atoms with Gasteiger partial charge in [0.2, 0.25) is 0 Å². The van der Waals surface area contributed by atoms with E-state index in [1.807, 2.05) is 48.5 Å². The second-order valence-electron chi connectivity index (χ2n) is 9.61. The third-order valence-corrected chi connectivity index (χ3v) is 9.96. The zero-order valence-corrected chi connectivity index (χ0v) is 30.9. The summed E-state index contributed by atoms with van der Waals surface area (Å²) >= 11 is 9.41. The first kappa shape index (κ1) is 32.7. The predicted molar refractivity (Wildman–Crippen MR) is 190 cm³/mol. The van der Waals surface area contributed by atoms with Gasteiger partial charge in [-0.05, 0) is 100 Å². The lowest BCUT2D eigenvalue weighted by Gasteiger charge is -2.26. The molecule has 2 heterocycles. The molecule has 0 aliphatic carbocycles. The fourth-order valence-electron chi connectivity index (χ4n) is 4.88. The van der Waals surface area contributed by atoms with Gasteiger partial charge in [-0.2, -0.15) is 0 Å². The molecule has 0 spiro atoms. The molecule has 8 nitrogen and oxygen atoms in total. The molecule has 3 aromatic carbocycles. The lowest BCUT2D eigenvalue weighted by molar-refractivity contribution is -0.139. The molecule has 1 aromatic heterocycles. The molecule has 0 N–H and O–H groups in total. The third-order valence-electron chi connectivity index (χ3n) is 6.86. The van der Waals surface area contributed by atoms with E-state index in [1.165, 1.54) is 18.4 Å². The van der Waals surface area contributed by atoms with Crippen molar-refractivity contribution >= 4 is 84.5 Å². The molecule has 0 saturated carbocycles. The highest BCUT2D eigenvalue weighted by Crippen LogP contribution is 2.41. The number of rotatable bonds is 9. The Morgan fingerprint density at radius 3 is 2.48 bits per heavy atom. The lowest BCUT2D eigenvalue weighted by Crippen LogP contribution is -2.40. The number of carbonyl (C=O) groups is 1. The van der Waals surface area contributed by atoms with Crippen molar-refractivity contribution in [3.05, 3.63) is 114 Å². The lowest BCUT2D eigenvalue weighted by atomic mass is 9.95. The minimum atomic E-state index is -0.827. The predicted octanol–water partition coefficient (Wildman–Crippen LogP) is 6.37. The first-order valence-corrected chi connectivity index (χ1v) is 17.2. The van der Waals surface area contributed by atoms with E-state index in [0.29, 0.717) is 48.9 Å². The highest BCUT2D eigenvalue weighted by Gasteiger charge is 2.35. The number of nitrogens with zero attached hydrogens (tertiary/aromatic N) is 2. The Bertz CT molecular complexity index is 1960. The van der Waals surface area contributed by atoms with Crippen molar-refractivity contribution in [1.29, 1.82) is 0 Å². The van der Waals surface area contributed by atoms with Crippen LogP contribution in [0.2, 0.25) is 0 Å². The van der Waals surface area contributed by atoms with Gasteiger partial charge in [-0.3, -0.25) is 9.36 Å². The molecule has 1 aliphatic rings. The molecule has 0 fully saturated rings. The first-order valence-electron chi connectivity index (χ1n) is 13.4. The van der Waals surface area contributed by atoms with Crippen LogP contribution >= 0.6 is 72.4 Å². The maximum atomic E-state index is 14.3. The molecular formula is C32H27BrI2N2O6S. The van der Waals surface area contributed by atoms with E-state index in [2.05, 4.69) is 61.1 Å². The summed E-state index contributed by atoms with van der Waals surface area (Å²) in [5.41, 5.74) is 2.89. The van der Waals surface area contributed by atoms with Gasteiger partial charge >= 0.3 is 5.97 Å². The van der Waals surface area contributed by atoms with E-state index >= 15 is 0 Å². The Morgan fingerprint density at radius 2 is 1.80 bits per heavy atom. The topological polar surface area (TPSA) is 88.4 Å². The molecule has 0 radical (unpaired) electrons. The SMILES string of the molecule is CCOC(=O)C1=C(C)N=c2s/c(=C\c3cc(I)cc(I)c3OCc3ccccc3)c(=O)n2[C@@H]1c1cc(OC)c(OC)cc1Br. The second kappa shape index (κ2) is 14.2. The zero-order valence-electron chi connectivity index (χ0n) is 24.2. The van der Waals surface area contributed by atoms with Crippen LogP contribution < -0.4 is 29.1 Å². The fourth-order valence-corrected chi connectivity index (χ4v) is 8.50. The molecule has 0 unspecified atom stereocenters. The molecule has 0 amide bonds. The van der Waals surface area contributed by atoms with Crippen LogP contribution in [0.4, 0.5) is 0 Å². The number of esters is 1. The van der Waals surface area contributed by atoms with Crippen molar-refractivity contribution in [2.45, 2.75) is 26.5 Å². The number of aromatic nitrogens is 1. The Hall–Kier alpha value is -2.69. The molecule has 44 heavy (non-hydrogen) atoms. The Kier molecular flexibility index (Phi) is 10.5. The maximum absolute atomic E-state index is 14.3. The summed E-state index contributed by atoms with van der Waals surface area (Å²) in [5.74, 6) is 1.10. The van der Waals surface area contributed by atoms with Gasteiger partial charge in [0, 0.05) is 13.6 Å². The second-order valence-corrected chi connectivity index (χ2v) is 13.9. The van der Waals surface area contributed by atoms with Gasteiger partial charge in [-0.15, -0.1) is 0 Å². The molecule has 1 atom stereocenters. The smallest absolute Gasteiger partial charge is 0.338 e. The van der Waals surface area contributed by atoms with Crippen LogP contribution in [0.1, 0.15) is 36.6 Å². The molecule has 0 saturated heterocycles. The van der Waals surface area contributed by atoms with E-state index in [9.17, 15) is 9.59 Å². The third kappa shape index (κ3) is 6.63. The number of fused-ring (bicyclic) bond motifs is 1. The Balaban J connectivity index is 1.71. The van der Waals surface area contributed by atoms with Crippen molar-refractivity contribution < 1.29 is 23.7 Å². The van der Waals surface area contributed by atoms with E-state index in [0.717, 1.165) is 18.3 Å². The fraction of sp³-hybridized carbons (Fsp3) is 0.219. The summed E-state index contributed by atoms with van der Waals surface area (Å²) in [7, 11) is 3.08. The molecule has 0 bridgehead atoms. The highest BCUT2D eigenvalue weighted by atomic mass is 127. The molecule has 1 aliphatic heterocycles. The monoisotopic (exact) mass is 900 g/mol. The van der Waals surface area contributed by atoms with Gasteiger partial charge in [-0.25, -0.2) is 9.79 Å². The number of ether oxygens (including phenoxy) is 4. The summed E-state index contributed by atoms with van der Waals surface area (Å²) in [5, 5.41) is 0. The summed E-state index contributed by atoms with van der Waals surface area (Å²) in [6.07, 6.45) is 1.83. The normalized spacial score (nSPS) is 14.6. The summed E-state index contributed by atoms with van der Waals surface area (Å²) in [6, 6.07) is 16.6. The number of carbonyl (C=O) groups excluding carboxylic acids is 1. The Labute approximate surface area is 293 Å². The van der Waals surface area contributed by atoms with Crippen LogP contribution in [0.5, 0.6) is 17.2 Å². The van der Waals surface area contributed by atoms with E-state index in [4.69, 9.17) is 23.9 Å². The maximum Gasteiger partial charge on any atom is 0.338 e. The first-order chi connectivity index (χ1) is 21.2. The number of halogens is 3. The van der Waals surface area contributed by atoms with Gasteiger partial charge in [0.25, 0.3) is 5.56 Å². The number of allylic oxidation sites excluding steroid dienone is 1. The summed E-state index contributed by atoms with van der Waals surface area (Å²) in [4.78, 5) is 32.8. The van der Waals surface area contributed by atoms with Gasteiger partial charge in [0.15, 0.2) is 16.3 Å². The number of methoxy groups -OCH3 is 2. The van der Waals surface area contributed by atoms with E-state index < -0.39 is 12.0 Å². The van der Waals surface area contributed by atoms with Gasteiger partial charge in [0.1, 0.15) is 12.4 Å². The Morgan fingerprint density at radius 1 is 1.09 bits per heavy atom. The van der Waals surface area contributed by atoms with Crippen LogP contribution in [-0.2, 0) is 16.1 Å². The standard InChI is InChI=1S/C32H27BrI2N2O6S/c1-5-42-31(39)27-17(2)36-32-37(28(27)21-14-24(40-3)25(41-4)15-22(21)33)30(38)26(44-32)12-19-11-20(34)13-23(35)29(19)43-16-18-9-7-6-8-10-18/h6-15,28H,5,16H2,1-4H3/b26-12-/t28-/m1/s1. The molecular weight excluding hydrogens is 874 g/mol. The van der Waals surface area contributed by atoms with Crippen molar-refractivity contribution in [3.63, 3.8) is 0 Å². The van der Waals surface area contributed by atoms with Crippen LogP contribution in [0.25, 0.3) is 6.08 Å². The van der Waals surface area contributed by atoms with Crippen LogP contribution in [0.15, 0.2) is 80.1 Å². The van der Waals surface area contributed by atoms with Gasteiger partial charge in [0.05, 0.1) is 46.2 Å². The number of thiazole rings is 1. The van der Waals surface area contributed by atoms with Crippen molar-refractivity contribution in [2.75, 3.05) is 20.8 Å². The van der Waals surface area contributed by atoms with Crippen molar-refractivity contribution in [3.8, 4) is 17.2 Å². The van der Waals surface area contributed by atoms with Crippen LogP contribution in [0, 0.1) is 7.14 Å². The number of benzene rings is 3. The molecule has 4 aromatic rings. The van der Waals surface area contributed by atoms with Gasteiger partial charge in [-0.1, -0.05) is 57.6 Å².